The van der Waals surface area contributed by atoms with E-state index in [4.69, 9.17) is 4.74 Å². The summed E-state index contributed by atoms with van der Waals surface area (Å²) < 4.78 is 7.26. The maximum absolute atomic E-state index is 13.2. The Labute approximate surface area is 210 Å². The number of methoxy groups -OCH3 is 1. The third-order valence-corrected chi connectivity index (χ3v) is 5.72. The Morgan fingerprint density at radius 3 is 2.29 bits per heavy atom. The monoisotopic (exact) mass is 534 g/mol. The van der Waals surface area contributed by atoms with Crippen molar-refractivity contribution < 1.29 is 19.1 Å². The van der Waals surface area contributed by atoms with Crippen LogP contribution in [0.4, 0.5) is 11.4 Å². The lowest BCUT2D eigenvalue weighted by Crippen LogP contribution is -2.36. The second-order valence-electron chi connectivity index (χ2n) is 8.03. The highest BCUT2D eigenvalue weighted by Gasteiger charge is 2.21. The summed E-state index contributed by atoms with van der Waals surface area (Å²) in [5.74, 6) is -1.72. The van der Waals surface area contributed by atoms with E-state index < -0.39 is 17.7 Å². The van der Waals surface area contributed by atoms with Gasteiger partial charge in [0.1, 0.15) is 11.4 Å². The fourth-order valence-electron chi connectivity index (χ4n) is 3.76. The summed E-state index contributed by atoms with van der Waals surface area (Å²) in [5, 5.41) is 6.12. The molecule has 35 heavy (non-hydrogen) atoms. The van der Waals surface area contributed by atoms with Gasteiger partial charge in [-0.3, -0.25) is 19.8 Å². The fourth-order valence-corrected chi connectivity index (χ4v) is 4.14. The Morgan fingerprint density at radius 1 is 0.829 bits per heavy atom. The number of halogens is 1. The Balaban J connectivity index is 1.62. The van der Waals surface area contributed by atoms with Crippen LogP contribution < -0.4 is 20.8 Å². The molecule has 0 aliphatic carbocycles. The van der Waals surface area contributed by atoms with E-state index in [2.05, 4.69) is 32.0 Å². The van der Waals surface area contributed by atoms with Crippen LogP contribution in [0.15, 0.2) is 71.2 Å². The van der Waals surface area contributed by atoms with Gasteiger partial charge in [-0.1, -0.05) is 28.1 Å². The molecule has 0 atom stereocenters. The van der Waals surface area contributed by atoms with Crippen LogP contribution in [0.5, 0.6) is 5.75 Å². The number of aryl methyl sites for hydroxylation is 2. The average molecular weight is 535 g/mol. The van der Waals surface area contributed by atoms with Crippen LogP contribution in [-0.4, -0.2) is 29.5 Å². The molecule has 0 bridgehead atoms. The van der Waals surface area contributed by atoms with Gasteiger partial charge in [-0.2, -0.15) is 0 Å². The van der Waals surface area contributed by atoms with E-state index in [1.54, 1.807) is 42.5 Å². The second kappa shape index (κ2) is 10.0. The number of ether oxygens (including phenoxy) is 1. The molecule has 0 unspecified atom stereocenters. The van der Waals surface area contributed by atoms with Crippen LogP contribution in [0.1, 0.15) is 21.6 Å². The third-order valence-electron chi connectivity index (χ3n) is 5.22. The zero-order chi connectivity index (χ0) is 25.1. The average Bonchev–Trinajstić information content (AvgIpc) is 3.15. The van der Waals surface area contributed by atoms with E-state index in [1.807, 2.05) is 38.1 Å². The van der Waals surface area contributed by atoms with Gasteiger partial charge in [0, 0.05) is 27.3 Å². The number of hydrogen-bond donors (Lipinski definition) is 3. The zero-order valence-electron chi connectivity index (χ0n) is 19.3. The van der Waals surface area contributed by atoms with E-state index in [0.717, 1.165) is 15.6 Å². The predicted molar refractivity (Wildman–Crippen MR) is 139 cm³/mol. The Kier molecular flexibility index (Phi) is 6.88. The smallest absolute Gasteiger partial charge is 0.328 e. The largest absolute Gasteiger partial charge is 0.497 e. The third kappa shape index (κ3) is 5.52. The maximum Gasteiger partial charge on any atom is 0.328 e. The van der Waals surface area contributed by atoms with Crippen molar-refractivity contribution in [2.45, 2.75) is 13.8 Å². The molecule has 178 valence electrons. The summed E-state index contributed by atoms with van der Waals surface area (Å²) in [4.78, 5) is 38.6. The first-order valence-corrected chi connectivity index (χ1v) is 11.5. The van der Waals surface area contributed by atoms with Crippen molar-refractivity contribution in [2.24, 2.45) is 0 Å². The van der Waals surface area contributed by atoms with Crippen molar-refractivity contribution in [1.82, 2.24) is 4.68 Å². The lowest BCUT2D eigenvalue weighted by Gasteiger charge is -2.13. The number of rotatable bonds is 5. The molecule has 3 N–H and O–H groups in total. The number of fused-ring (bicyclic) bond motifs is 1. The van der Waals surface area contributed by atoms with E-state index in [9.17, 15) is 14.4 Å². The topological polar surface area (TPSA) is 101 Å². The fraction of sp³-hybridized carbons (Fsp3) is 0.115. The highest BCUT2D eigenvalue weighted by atomic mass is 79.9. The number of nitrogens with one attached hydrogen (secondary N) is 3. The molecule has 1 heterocycles. The summed E-state index contributed by atoms with van der Waals surface area (Å²) >= 11 is 3.42. The molecule has 0 aliphatic heterocycles. The molecule has 0 saturated heterocycles. The maximum atomic E-state index is 13.2. The number of benzene rings is 3. The van der Waals surface area contributed by atoms with Crippen molar-refractivity contribution in [3.8, 4) is 5.75 Å². The van der Waals surface area contributed by atoms with Gasteiger partial charge >= 0.3 is 11.8 Å². The van der Waals surface area contributed by atoms with Gasteiger partial charge in [-0.25, -0.2) is 4.68 Å². The summed E-state index contributed by atoms with van der Waals surface area (Å²) in [6.45, 7) is 3.89. The molecule has 0 radical (unpaired) electrons. The normalized spacial score (nSPS) is 10.6. The summed E-state index contributed by atoms with van der Waals surface area (Å²) in [6, 6.07) is 19.4. The van der Waals surface area contributed by atoms with Gasteiger partial charge < -0.3 is 15.4 Å². The first-order chi connectivity index (χ1) is 16.7. The number of nitrogens with zero attached hydrogens (tertiary/aromatic N) is 1. The van der Waals surface area contributed by atoms with Gasteiger partial charge in [0.05, 0.1) is 12.6 Å². The van der Waals surface area contributed by atoms with Crippen molar-refractivity contribution in [3.63, 3.8) is 0 Å². The van der Waals surface area contributed by atoms with Crippen molar-refractivity contribution in [3.05, 3.63) is 88.0 Å². The number of hydrogen-bond acceptors (Lipinski definition) is 4. The Bertz CT molecular complexity index is 1440. The van der Waals surface area contributed by atoms with E-state index in [0.29, 0.717) is 28.0 Å². The van der Waals surface area contributed by atoms with Crippen molar-refractivity contribution in [1.29, 1.82) is 0 Å². The van der Waals surface area contributed by atoms with Crippen LogP contribution >= 0.6 is 15.9 Å². The lowest BCUT2D eigenvalue weighted by molar-refractivity contribution is -0.133. The molecule has 8 nitrogen and oxygen atoms in total. The van der Waals surface area contributed by atoms with Gasteiger partial charge in [-0.15, -0.1) is 0 Å². The minimum Gasteiger partial charge on any atom is -0.497 e. The van der Waals surface area contributed by atoms with E-state index in [-0.39, 0.29) is 5.69 Å². The highest BCUT2D eigenvalue weighted by molar-refractivity contribution is 9.10. The molecule has 9 heteroatoms. The number of anilines is 2. The zero-order valence-corrected chi connectivity index (χ0v) is 20.9. The number of carbonyl (C=O) groups is 3. The van der Waals surface area contributed by atoms with Gasteiger partial charge in [0.2, 0.25) is 0 Å². The molecule has 0 aliphatic rings. The minimum absolute atomic E-state index is 0.166. The molecule has 3 amide bonds. The van der Waals surface area contributed by atoms with Crippen LogP contribution in [0.2, 0.25) is 0 Å². The summed E-state index contributed by atoms with van der Waals surface area (Å²) in [5.41, 5.74) is 6.32. The van der Waals surface area contributed by atoms with Gasteiger partial charge in [0.15, 0.2) is 0 Å². The van der Waals surface area contributed by atoms with Crippen LogP contribution in [0, 0.1) is 13.8 Å². The minimum atomic E-state index is -0.936. The first-order valence-electron chi connectivity index (χ1n) is 10.7. The molecular formula is C26H23BrN4O4. The SMILES string of the molecule is COc1cccc(NC(=O)C(=O)Nn2c(C(=O)Nc3cc(C)cc(C)c3)cc3cc(Br)ccc32)c1. The van der Waals surface area contributed by atoms with Gasteiger partial charge in [-0.05, 0) is 73.5 Å². The summed E-state index contributed by atoms with van der Waals surface area (Å²) in [6.07, 6.45) is 0. The Hall–Kier alpha value is -4.11. The summed E-state index contributed by atoms with van der Waals surface area (Å²) in [7, 11) is 1.51. The van der Waals surface area contributed by atoms with E-state index >= 15 is 0 Å². The molecule has 0 saturated carbocycles. The standard InChI is InChI=1S/C26H23BrN4O4/c1-15-9-16(2)11-20(10-15)29-24(32)23-13-17-12-18(27)7-8-22(17)31(23)30-26(34)25(33)28-19-5-4-6-21(14-19)35-3/h4-14H,1-3H3,(H,28,33)(H,29,32)(H,30,34). The molecule has 4 aromatic rings. The van der Waals surface area contributed by atoms with Crippen molar-refractivity contribution in [2.75, 3.05) is 23.2 Å². The highest BCUT2D eigenvalue weighted by Crippen LogP contribution is 2.24. The molecule has 3 aromatic carbocycles. The second-order valence-corrected chi connectivity index (χ2v) is 8.94. The van der Waals surface area contributed by atoms with Crippen LogP contribution in [-0.2, 0) is 9.59 Å². The molecule has 1 aromatic heterocycles. The number of carbonyl (C=O) groups excluding carboxylic acids is 3. The number of aromatic nitrogens is 1. The Morgan fingerprint density at radius 2 is 1.57 bits per heavy atom. The van der Waals surface area contributed by atoms with Crippen LogP contribution in [0.25, 0.3) is 10.9 Å². The lowest BCUT2D eigenvalue weighted by atomic mass is 10.1. The van der Waals surface area contributed by atoms with Crippen molar-refractivity contribution >= 4 is 55.9 Å². The predicted octanol–water partition coefficient (Wildman–Crippen LogP) is 4.99. The molecular weight excluding hydrogens is 512 g/mol. The molecule has 0 fully saturated rings. The van der Waals surface area contributed by atoms with E-state index in [1.165, 1.54) is 11.8 Å². The molecule has 4 rings (SSSR count). The first kappa shape index (κ1) is 24.0. The molecule has 0 spiro atoms. The van der Waals surface area contributed by atoms with Crippen LogP contribution in [0.3, 0.4) is 0 Å². The quantitative estimate of drug-likeness (QED) is 0.314. The van der Waals surface area contributed by atoms with Gasteiger partial charge in [0.25, 0.3) is 5.91 Å². The number of amides is 3.